The summed E-state index contributed by atoms with van der Waals surface area (Å²) in [5, 5.41) is 3.53. The van der Waals surface area contributed by atoms with Gasteiger partial charge in [0.15, 0.2) is 0 Å². The number of halogens is 1. The molecular weight excluding hydrogens is 227 g/mol. The van der Waals surface area contributed by atoms with Crippen LogP contribution in [0.25, 0.3) is 0 Å². The van der Waals surface area contributed by atoms with Crippen LogP contribution in [0.1, 0.15) is 31.2 Å². The van der Waals surface area contributed by atoms with Crippen LogP contribution >= 0.6 is 0 Å². The maximum absolute atomic E-state index is 12.8. The number of nitrogens with zero attached hydrogens (tertiary/aromatic N) is 1. The predicted molar refractivity (Wildman–Crippen MR) is 73.0 cm³/mol. The van der Waals surface area contributed by atoms with Crippen LogP contribution in [0.4, 0.5) is 4.39 Å². The van der Waals surface area contributed by atoms with Gasteiger partial charge in [0.25, 0.3) is 0 Å². The maximum Gasteiger partial charge on any atom is 0.123 e. The van der Waals surface area contributed by atoms with Gasteiger partial charge in [0, 0.05) is 12.6 Å². The summed E-state index contributed by atoms with van der Waals surface area (Å²) < 4.78 is 12.8. The number of hydrogen-bond donors (Lipinski definition) is 1. The van der Waals surface area contributed by atoms with Crippen molar-refractivity contribution in [2.24, 2.45) is 0 Å². The zero-order valence-corrected chi connectivity index (χ0v) is 11.2. The van der Waals surface area contributed by atoms with E-state index in [1.54, 1.807) is 0 Å². The van der Waals surface area contributed by atoms with Crippen LogP contribution in [0.3, 0.4) is 0 Å². The lowest BCUT2D eigenvalue weighted by molar-refractivity contribution is 0.317. The molecule has 0 aliphatic heterocycles. The van der Waals surface area contributed by atoms with Crippen LogP contribution in [0, 0.1) is 5.82 Å². The van der Waals surface area contributed by atoms with E-state index in [0.717, 1.165) is 25.7 Å². The third kappa shape index (κ3) is 5.15. The molecule has 0 saturated heterocycles. The van der Waals surface area contributed by atoms with Crippen LogP contribution < -0.4 is 5.32 Å². The van der Waals surface area contributed by atoms with E-state index in [1.165, 1.54) is 43.4 Å². The summed E-state index contributed by atoms with van der Waals surface area (Å²) in [4.78, 5) is 2.30. The molecule has 18 heavy (non-hydrogen) atoms. The predicted octanol–water partition coefficient (Wildman–Crippen LogP) is 2.79. The zero-order valence-electron chi connectivity index (χ0n) is 11.2. The minimum atomic E-state index is -0.160. The van der Waals surface area contributed by atoms with Gasteiger partial charge in [-0.05, 0) is 63.5 Å². The van der Waals surface area contributed by atoms with Crippen molar-refractivity contribution >= 4 is 0 Å². The van der Waals surface area contributed by atoms with Gasteiger partial charge in [0.2, 0.25) is 0 Å². The molecule has 1 aliphatic rings. The van der Waals surface area contributed by atoms with Gasteiger partial charge in [-0.3, -0.25) is 0 Å². The fraction of sp³-hybridized carbons (Fsp3) is 0.600. The van der Waals surface area contributed by atoms with E-state index in [0.29, 0.717) is 0 Å². The first-order valence-corrected chi connectivity index (χ1v) is 6.90. The van der Waals surface area contributed by atoms with E-state index >= 15 is 0 Å². The minimum absolute atomic E-state index is 0.160. The molecule has 1 aliphatic carbocycles. The highest BCUT2D eigenvalue weighted by Gasteiger charge is 2.19. The fourth-order valence-electron chi connectivity index (χ4n) is 2.08. The Bertz CT molecular complexity index is 346. The van der Waals surface area contributed by atoms with Gasteiger partial charge in [-0.1, -0.05) is 12.1 Å². The Kier molecular flexibility index (Phi) is 5.14. The molecule has 2 nitrogen and oxygen atoms in total. The Morgan fingerprint density at radius 3 is 2.61 bits per heavy atom. The Morgan fingerprint density at radius 1 is 1.22 bits per heavy atom. The summed E-state index contributed by atoms with van der Waals surface area (Å²) in [6.07, 6.45) is 5.19. The highest BCUT2D eigenvalue weighted by molar-refractivity contribution is 5.15. The lowest BCUT2D eigenvalue weighted by Gasteiger charge is -2.16. The standard InChI is InChI=1S/C15H23FN2/c1-18(11-3-2-10-17-15-8-9-15)12-13-4-6-14(16)7-5-13/h4-7,15,17H,2-3,8-12H2,1H3. The van der Waals surface area contributed by atoms with Crippen molar-refractivity contribution in [2.75, 3.05) is 20.1 Å². The number of hydrogen-bond acceptors (Lipinski definition) is 2. The molecule has 0 bridgehead atoms. The average Bonchev–Trinajstić information content (AvgIpc) is 3.16. The second kappa shape index (κ2) is 6.86. The Balaban J connectivity index is 1.56. The molecule has 0 aromatic heterocycles. The molecule has 1 aromatic rings. The molecule has 1 fully saturated rings. The van der Waals surface area contributed by atoms with Crippen molar-refractivity contribution in [2.45, 2.75) is 38.3 Å². The lowest BCUT2D eigenvalue weighted by atomic mass is 10.2. The van der Waals surface area contributed by atoms with Crippen molar-refractivity contribution in [3.8, 4) is 0 Å². The van der Waals surface area contributed by atoms with Crippen molar-refractivity contribution in [1.82, 2.24) is 10.2 Å². The first-order chi connectivity index (χ1) is 8.74. The van der Waals surface area contributed by atoms with Crippen LogP contribution in [0.15, 0.2) is 24.3 Å². The smallest absolute Gasteiger partial charge is 0.123 e. The summed E-state index contributed by atoms with van der Waals surface area (Å²) >= 11 is 0. The maximum atomic E-state index is 12.8. The number of benzene rings is 1. The van der Waals surface area contributed by atoms with E-state index < -0.39 is 0 Å². The third-order valence-electron chi connectivity index (χ3n) is 3.34. The van der Waals surface area contributed by atoms with Gasteiger partial charge in [-0.15, -0.1) is 0 Å². The zero-order chi connectivity index (χ0) is 12.8. The molecule has 0 unspecified atom stereocenters. The third-order valence-corrected chi connectivity index (χ3v) is 3.34. The molecule has 1 saturated carbocycles. The molecule has 0 spiro atoms. The Hall–Kier alpha value is -0.930. The quantitative estimate of drug-likeness (QED) is 0.714. The second-order valence-corrected chi connectivity index (χ2v) is 5.30. The second-order valence-electron chi connectivity index (χ2n) is 5.30. The van der Waals surface area contributed by atoms with Crippen molar-refractivity contribution < 1.29 is 4.39 Å². The largest absolute Gasteiger partial charge is 0.314 e. The van der Waals surface area contributed by atoms with Gasteiger partial charge in [0.05, 0.1) is 0 Å². The molecule has 100 valence electrons. The summed E-state index contributed by atoms with van der Waals surface area (Å²) in [6.45, 7) is 3.15. The SMILES string of the molecule is CN(CCCCNC1CC1)Cc1ccc(F)cc1. The van der Waals surface area contributed by atoms with E-state index in [2.05, 4.69) is 17.3 Å². The van der Waals surface area contributed by atoms with Crippen LogP contribution in [-0.4, -0.2) is 31.1 Å². The molecule has 0 atom stereocenters. The van der Waals surface area contributed by atoms with Crippen LogP contribution in [-0.2, 0) is 6.54 Å². The number of nitrogens with one attached hydrogen (secondary N) is 1. The first kappa shape index (κ1) is 13.5. The van der Waals surface area contributed by atoms with Crippen molar-refractivity contribution in [1.29, 1.82) is 0 Å². The number of unbranched alkanes of at least 4 members (excludes halogenated alkanes) is 1. The average molecular weight is 250 g/mol. The van der Waals surface area contributed by atoms with Gasteiger partial charge in [-0.2, -0.15) is 0 Å². The summed E-state index contributed by atoms with van der Waals surface area (Å²) in [7, 11) is 2.12. The van der Waals surface area contributed by atoms with E-state index in [9.17, 15) is 4.39 Å². The number of rotatable bonds is 8. The van der Waals surface area contributed by atoms with Gasteiger partial charge in [-0.25, -0.2) is 4.39 Å². The molecule has 2 rings (SSSR count). The Morgan fingerprint density at radius 2 is 1.94 bits per heavy atom. The topological polar surface area (TPSA) is 15.3 Å². The Labute approximate surface area is 109 Å². The van der Waals surface area contributed by atoms with Gasteiger partial charge >= 0.3 is 0 Å². The summed E-state index contributed by atoms with van der Waals surface area (Å²) in [5.41, 5.74) is 1.18. The van der Waals surface area contributed by atoms with E-state index in [4.69, 9.17) is 0 Å². The molecular formula is C15H23FN2. The molecule has 0 radical (unpaired) electrons. The monoisotopic (exact) mass is 250 g/mol. The molecule has 3 heteroatoms. The highest BCUT2D eigenvalue weighted by Crippen LogP contribution is 2.18. The van der Waals surface area contributed by atoms with Gasteiger partial charge in [0.1, 0.15) is 5.82 Å². The molecule has 1 N–H and O–H groups in total. The highest BCUT2D eigenvalue weighted by atomic mass is 19.1. The first-order valence-electron chi connectivity index (χ1n) is 6.90. The molecule has 0 heterocycles. The lowest BCUT2D eigenvalue weighted by Crippen LogP contribution is -2.22. The van der Waals surface area contributed by atoms with Crippen molar-refractivity contribution in [3.05, 3.63) is 35.6 Å². The van der Waals surface area contributed by atoms with E-state index in [1.807, 2.05) is 12.1 Å². The molecule has 0 amide bonds. The fourth-order valence-corrected chi connectivity index (χ4v) is 2.08. The van der Waals surface area contributed by atoms with Crippen molar-refractivity contribution in [3.63, 3.8) is 0 Å². The van der Waals surface area contributed by atoms with Crippen LogP contribution in [0.5, 0.6) is 0 Å². The van der Waals surface area contributed by atoms with Gasteiger partial charge < -0.3 is 10.2 Å². The molecule has 1 aromatic carbocycles. The minimum Gasteiger partial charge on any atom is -0.314 e. The normalized spacial score (nSPS) is 15.3. The summed E-state index contributed by atoms with van der Waals surface area (Å²) in [6, 6.07) is 7.61. The van der Waals surface area contributed by atoms with E-state index in [-0.39, 0.29) is 5.82 Å². The summed E-state index contributed by atoms with van der Waals surface area (Å²) in [5.74, 6) is -0.160. The van der Waals surface area contributed by atoms with Crippen LogP contribution in [0.2, 0.25) is 0 Å².